The van der Waals surface area contributed by atoms with Crippen LogP contribution in [0.1, 0.15) is 36.7 Å². The minimum absolute atomic E-state index is 0.336. The molecule has 3 heteroatoms. The van der Waals surface area contributed by atoms with Crippen LogP contribution in [0.15, 0.2) is 72.8 Å². The summed E-state index contributed by atoms with van der Waals surface area (Å²) in [5.41, 5.74) is 4.95. The highest BCUT2D eigenvalue weighted by molar-refractivity contribution is 5.98. The number of nitrogens with one attached hydrogen (secondary N) is 1. The molecule has 0 fully saturated rings. The Labute approximate surface area is 161 Å². The van der Waals surface area contributed by atoms with Crippen LogP contribution in [-0.2, 0) is 4.74 Å². The van der Waals surface area contributed by atoms with E-state index in [1.54, 1.807) is 0 Å². The number of hydrogen-bond acceptors (Lipinski definition) is 3. The van der Waals surface area contributed by atoms with E-state index in [2.05, 4.69) is 17.4 Å². The first-order valence-corrected chi connectivity index (χ1v) is 9.08. The molecular formula is C24H25NO2. The van der Waals surface area contributed by atoms with Gasteiger partial charge in [-0.15, -0.1) is 0 Å². The molecule has 0 unspecified atom stereocenters. The fraction of sp³-hybridized carbons (Fsp3) is 0.208. The van der Waals surface area contributed by atoms with Gasteiger partial charge in [0.25, 0.3) is 0 Å². The minimum Gasteiger partial charge on any atom is -0.456 e. The molecule has 0 saturated heterocycles. The van der Waals surface area contributed by atoms with Gasteiger partial charge in [-0.05, 0) is 63.1 Å². The van der Waals surface area contributed by atoms with Crippen molar-refractivity contribution < 1.29 is 9.53 Å². The van der Waals surface area contributed by atoms with E-state index in [4.69, 9.17) is 4.74 Å². The first-order chi connectivity index (χ1) is 12.8. The van der Waals surface area contributed by atoms with Gasteiger partial charge < -0.3 is 10.1 Å². The number of benzene rings is 3. The highest BCUT2D eigenvalue weighted by Gasteiger charge is 2.21. The minimum atomic E-state index is -0.545. The summed E-state index contributed by atoms with van der Waals surface area (Å²) in [7, 11) is 0. The molecule has 138 valence electrons. The molecular weight excluding hydrogens is 334 g/mol. The van der Waals surface area contributed by atoms with Crippen LogP contribution in [0.2, 0.25) is 0 Å². The first kappa shape index (κ1) is 18.7. The summed E-state index contributed by atoms with van der Waals surface area (Å²) in [6.07, 6.45) is 0. The molecule has 0 spiro atoms. The maximum atomic E-state index is 12.7. The molecule has 0 saturated carbocycles. The molecule has 3 aromatic carbocycles. The molecule has 0 heterocycles. The van der Waals surface area contributed by atoms with Crippen LogP contribution in [-0.4, -0.2) is 11.6 Å². The van der Waals surface area contributed by atoms with Gasteiger partial charge in [0.05, 0.1) is 11.3 Å². The van der Waals surface area contributed by atoms with Gasteiger partial charge in [-0.25, -0.2) is 4.79 Å². The summed E-state index contributed by atoms with van der Waals surface area (Å²) in [4.78, 5) is 12.7. The van der Waals surface area contributed by atoms with E-state index in [1.165, 1.54) is 5.56 Å². The van der Waals surface area contributed by atoms with E-state index in [1.807, 2.05) is 88.4 Å². The van der Waals surface area contributed by atoms with Crippen LogP contribution < -0.4 is 5.32 Å². The van der Waals surface area contributed by atoms with Crippen molar-refractivity contribution in [3.8, 4) is 11.1 Å². The second-order valence-corrected chi connectivity index (χ2v) is 7.62. The normalized spacial score (nSPS) is 11.1. The van der Waals surface area contributed by atoms with Crippen molar-refractivity contribution in [3.63, 3.8) is 0 Å². The van der Waals surface area contributed by atoms with Gasteiger partial charge in [0.15, 0.2) is 0 Å². The zero-order valence-electron chi connectivity index (χ0n) is 16.2. The molecule has 0 bridgehead atoms. The molecule has 3 nitrogen and oxygen atoms in total. The Hall–Kier alpha value is -3.07. The second kappa shape index (κ2) is 7.67. The van der Waals surface area contributed by atoms with Crippen molar-refractivity contribution in [2.24, 2.45) is 0 Å². The van der Waals surface area contributed by atoms with Crippen LogP contribution in [0.3, 0.4) is 0 Å². The predicted molar refractivity (Wildman–Crippen MR) is 112 cm³/mol. The molecule has 0 aliphatic heterocycles. The number of carbonyl (C=O) groups is 1. The SMILES string of the molecule is Cc1ccc(Nc2cc(-c3ccccc3)ccc2C(=O)OC(C)(C)C)cc1. The fourth-order valence-electron chi connectivity index (χ4n) is 2.76. The van der Waals surface area contributed by atoms with E-state index in [0.717, 1.165) is 22.5 Å². The third kappa shape index (κ3) is 4.98. The van der Waals surface area contributed by atoms with Crippen molar-refractivity contribution in [1.82, 2.24) is 0 Å². The number of ether oxygens (including phenoxy) is 1. The molecule has 27 heavy (non-hydrogen) atoms. The second-order valence-electron chi connectivity index (χ2n) is 7.62. The maximum Gasteiger partial charge on any atom is 0.340 e. The first-order valence-electron chi connectivity index (χ1n) is 9.08. The molecule has 0 aromatic heterocycles. The number of rotatable bonds is 4. The summed E-state index contributed by atoms with van der Waals surface area (Å²) in [6, 6.07) is 24.0. The molecule has 0 aliphatic carbocycles. The summed E-state index contributed by atoms with van der Waals surface area (Å²) >= 11 is 0. The maximum absolute atomic E-state index is 12.7. The fourth-order valence-corrected chi connectivity index (χ4v) is 2.76. The van der Waals surface area contributed by atoms with Crippen molar-refractivity contribution in [1.29, 1.82) is 0 Å². The Kier molecular flexibility index (Phi) is 5.31. The van der Waals surface area contributed by atoms with Gasteiger partial charge in [0, 0.05) is 5.69 Å². The molecule has 3 rings (SSSR count). The summed E-state index contributed by atoms with van der Waals surface area (Å²) < 4.78 is 5.59. The number of hydrogen-bond donors (Lipinski definition) is 1. The zero-order valence-corrected chi connectivity index (χ0v) is 16.2. The van der Waals surface area contributed by atoms with E-state index < -0.39 is 5.60 Å². The zero-order chi connectivity index (χ0) is 19.4. The van der Waals surface area contributed by atoms with Crippen molar-refractivity contribution >= 4 is 17.3 Å². The highest BCUT2D eigenvalue weighted by Crippen LogP contribution is 2.29. The van der Waals surface area contributed by atoms with E-state index >= 15 is 0 Å². The highest BCUT2D eigenvalue weighted by atomic mass is 16.6. The predicted octanol–water partition coefficient (Wildman–Crippen LogP) is 6.36. The number of carbonyl (C=O) groups excluding carboxylic acids is 1. The van der Waals surface area contributed by atoms with E-state index in [0.29, 0.717) is 5.56 Å². The Morgan fingerprint density at radius 1 is 0.852 bits per heavy atom. The molecule has 0 amide bonds. The third-order valence-corrected chi connectivity index (χ3v) is 4.08. The van der Waals surface area contributed by atoms with Gasteiger partial charge >= 0.3 is 5.97 Å². The molecule has 0 atom stereocenters. The van der Waals surface area contributed by atoms with Gasteiger partial charge in [0.1, 0.15) is 5.60 Å². The van der Waals surface area contributed by atoms with E-state index in [9.17, 15) is 4.79 Å². The van der Waals surface area contributed by atoms with Crippen LogP contribution in [0.4, 0.5) is 11.4 Å². The smallest absolute Gasteiger partial charge is 0.340 e. The lowest BCUT2D eigenvalue weighted by Crippen LogP contribution is -2.24. The topological polar surface area (TPSA) is 38.3 Å². The molecule has 3 aromatic rings. The summed E-state index contributed by atoms with van der Waals surface area (Å²) in [6.45, 7) is 7.66. The lowest BCUT2D eigenvalue weighted by molar-refractivity contribution is 0.00708. The van der Waals surface area contributed by atoms with Crippen LogP contribution >= 0.6 is 0 Å². The third-order valence-electron chi connectivity index (χ3n) is 4.08. The van der Waals surface area contributed by atoms with Gasteiger partial charge in [-0.2, -0.15) is 0 Å². The lowest BCUT2D eigenvalue weighted by Gasteiger charge is -2.21. The molecule has 1 N–H and O–H groups in total. The monoisotopic (exact) mass is 359 g/mol. The van der Waals surface area contributed by atoms with Crippen molar-refractivity contribution in [2.75, 3.05) is 5.32 Å². The van der Waals surface area contributed by atoms with Gasteiger partial charge in [0.2, 0.25) is 0 Å². The van der Waals surface area contributed by atoms with Crippen LogP contribution in [0, 0.1) is 6.92 Å². The van der Waals surface area contributed by atoms with Crippen molar-refractivity contribution in [3.05, 3.63) is 83.9 Å². The molecule has 0 aliphatic rings. The Bertz CT molecular complexity index is 923. The number of aryl methyl sites for hydroxylation is 1. The average Bonchev–Trinajstić information content (AvgIpc) is 2.63. The van der Waals surface area contributed by atoms with Gasteiger partial charge in [-0.1, -0.05) is 54.1 Å². The van der Waals surface area contributed by atoms with E-state index in [-0.39, 0.29) is 5.97 Å². The summed E-state index contributed by atoms with van der Waals surface area (Å²) in [5.74, 6) is -0.336. The van der Waals surface area contributed by atoms with Crippen LogP contribution in [0.5, 0.6) is 0 Å². The largest absolute Gasteiger partial charge is 0.456 e. The number of esters is 1. The molecule has 0 radical (unpaired) electrons. The number of anilines is 2. The Morgan fingerprint density at radius 3 is 2.15 bits per heavy atom. The standard InChI is InChI=1S/C24H25NO2/c1-17-10-13-20(14-11-17)25-22-16-19(18-8-6-5-7-9-18)12-15-21(22)23(26)27-24(2,3)4/h5-16,25H,1-4H3. The van der Waals surface area contributed by atoms with Crippen LogP contribution in [0.25, 0.3) is 11.1 Å². The Balaban J connectivity index is 2.01. The summed E-state index contributed by atoms with van der Waals surface area (Å²) in [5, 5.41) is 3.38. The average molecular weight is 359 g/mol. The van der Waals surface area contributed by atoms with Gasteiger partial charge in [-0.3, -0.25) is 0 Å². The quantitative estimate of drug-likeness (QED) is 0.551. The lowest BCUT2D eigenvalue weighted by atomic mass is 10.0. The Morgan fingerprint density at radius 2 is 1.52 bits per heavy atom. The van der Waals surface area contributed by atoms with Crippen molar-refractivity contribution in [2.45, 2.75) is 33.3 Å².